The number of nitrogens with two attached hydrogens (primary N) is 1. The lowest BCUT2D eigenvalue weighted by atomic mass is 10.0. The van der Waals surface area contributed by atoms with Crippen LogP contribution in [0.4, 0.5) is 5.69 Å². The molecule has 0 atom stereocenters. The number of rotatable bonds is 3. The lowest BCUT2D eigenvalue weighted by Gasteiger charge is -2.05. The topological polar surface area (TPSA) is 103 Å². The molecule has 2 aromatic carbocycles. The fourth-order valence-corrected chi connectivity index (χ4v) is 1.78. The highest BCUT2D eigenvalue weighted by Crippen LogP contribution is 2.24. The van der Waals surface area contributed by atoms with E-state index >= 15 is 0 Å². The molecule has 0 bridgehead atoms. The van der Waals surface area contributed by atoms with E-state index in [-0.39, 0.29) is 11.1 Å². The second-order valence-corrected chi connectivity index (χ2v) is 4.06. The predicted octanol–water partition coefficient (Wildman–Crippen LogP) is 1.50. The van der Waals surface area contributed by atoms with Crippen molar-refractivity contribution in [3.05, 3.63) is 53.6 Å². The summed E-state index contributed by atoms with van der Waals surface area (Å²) in [7, 11) is 0. The Labute approximate surface area is 108 Å². The van der Waals surface area contributed by atoms with Gasteiger partial charge < -0.3 is 15.9 Å². The second kappa shape index (κ2) is 4.81. The maximum atomic E-state index is 11.1. The molecule has 96 valence electrons. The molecule has 0 saturated carbocycles. The van der Waals surface area contributed by atoms with E-state index in [4.69, 9.17) is 15.9 Å². The van der Waals surface area contributed by atoms with E-state index in [0.29, 0.717) is 16.8 Å². The van der Waals surface area contributed by atoms with Gasteiger partial charge in [0.05, 0.1) is 5.56 Å². The quantitative estimate of drug-likeness (QED) is 0.643. The maximum absolute atomic E-state index is 11.1. The highest BCUT2D eigenvalue weighted by atomic mass is 16.4. The van der Waals surface area contributed by atoms with Crippen LogP contribution in [0.3, 0.4) is 0 Å². The average Bonchev–Trinajstić information content (AvgIpc) is 2.38. The van der Waals surface area contributed by atoms with E-state index in [1.54, 1.807) is 18.2 Å². The number of hydrogen-bond donors (Lipinski definition) is 2. The molecule has 5 heteroatoms. The van der Waals surface area contributed by atoms with Gasteiger partial charge in [-0.1, -0.05) is 12.1 Å². The molecule has 0 amide bonds. The zero-order valence-electron chi connectivity index (χ0n) is 9.88. The summed E-state index contributed by atoms with van der Waals surface area (Å²) in [6, 6.07) is 10.9. The summed E-state index contributed by atoms with van der Waals surface area (Å²) >= 11 is 0. The first-order valence-electron chi connectivity index (χ1n) is 5.47. The van der Waals surface area contributed by atoms with Crippen molar-refractivity contribution in [2.24, 2.45) is 0 Å². The van der Waals surface area contributed by atoms with Crippen LogP contribution >= 0.6 is 0 Å². The number of benzene rings is 2. The Morgan fingerprint density at radius 3 is 2.32 bits per heavy atom. The highest BCUT2D eigenvalue weighted by molar-refractivity contribution is 5.92. The summed E-state index contributed by atoms with van der Waals surface area (Å²) in [5.41, 5.74) is 7.61. The van der Waals surface area contributed by atoms with Crippen molar-refractivity contribution in [1.29, 1.82) is 0 Å². The fraction of sp³-hybridized carbons (Fsp3) is 0. The largest absolute Gasteiger partial charge is 0.561 e. The van der Waals surface area contributed by atoms with Gasteiger partial charge in [0.1, 0.15) is 5.56 Å². The molecule has 0 spiro atoms. The SMILES string of the molecule is Nc1cc(C(=O)[OH2+])cc(-c2cccc(C(=O)O)c2)c1. The molecule has 19 heavy (non-hydrogen) atoms. The number of aromatic carboxylic acids is 1. The average molecular weight is 258 g/mol. The van der Waals surface area contributed by atoms with Crippen LogP contribution in [-0.2, 0) is 0 Å². The van der Waals surface area contributed by atoms with Crippen molar-refractivity contribution in [2.45, 2.75) is 0 Å². The fourth-order valence-electron chi connectivity index (χ4n) is 1.78. The van der Waals surface area contributed by atoms with Gasteiger partial charge in [0.2, 0.25) is 0 Å². The van der Waals surface area contributed by atoms with E-state index in [1.807, 2.05) is 0 Å². The molecule has 0 unspecified atom stereocenters. The summed E-state index contributed by atoms with van der Waals surface area (Å²) < 4.78 is 0. The van der Waals surface area contributed by atoms with Gasteiger partial charge in [0.15, 0.2) is 0 Å². The van der Waals surface area contributed by atoms with E-state index in [2.05, 4.69) is 0 Å². The molecule has 0 heterocycles. The number of carboxylic acids is 1. The van der Waals surface area contributed by atoms with Gasteiger partial charge in [-0.25, -0.2) is 4.79 Å². The summed E-state index contributed by atoms with van der Waals surface area (Å²) in [4.78, 5) is 22.0. The smallest absolute Gasteiger partial charge is 0.549 e. The lowest BCUT2D eigenvalue weighted by molar-refractivity contribution is 0.0686. The van der Waals surface area contributed by atoms with Gasteiger partial charge in [0.25, 0.3) is 0 Å². The highest BCUT2D eigenvalue weighted by Gasteiger charge is 2.14. The molecule has 2 aromatic rings. The van der Waals surface area contributed by atoms with Gasteiger partial charge in [-0.2, -0.15) is 0 Å². The minimum absolute atomic E-state index is 0.152. The third-order valence-corrected chi connectivity index (χ3v) is 2.66. The number of nitrogen functional groups attached to an aromatic ring is 1. The molecule has 2 rings (SSSR count). The molecular formula is C14H12NO4+. The molecular weight excluding hydrogens is 246 g/mol. The molecule has 0 aliphatic rings. The minimum Gasteiger partial charge on any atom is -0.561 e. The van der Waals surface area contributed by atoms with Crippen LogP contribution < -0.4 is 5.73 Å². The Hall–Kier alpha value is -2.82. The third-order valence-electron chi connectivity index (χ3n) is 2.66. The van der Waals surface area contributed by atoms with Gasteiger partial charge >= 0.3 is 11.9 Å². The van der Waals surface area contributed by atoms with Crippen LogP contribution in [0.2, 0.25) is 0 Å². The molecule has 5 N–H and O–H groups in total. The van der Waals surface area contributed by atoms with Crippen LogP contribution in [-0.4, -0.2) is 22.2 Å². The number of hydrogen-bond acceptors (Lipinski definition) is 3. The Morgan fingerprint density at radius 1 is 1.00 bits per heavy atom. The van der Waals surface area contributed by atoms with Crippen molar-refractivity contribution in [3.63, 3.8) is 0 Å². The minimum atomic E-state index is -1.03. The van der Waals surface area contributed by atoms with Crippen LogP contribution in [0, 0.1) is 0 Å². The van der Waals surface area contributed by atoms with Crippen molar-refractivity contribution < 1.29 is 19.8 Å². The summed E-state index contributed by atoms with van der Waals surface area (Å²) in [5, 5.41) is 16.0. The Morgan fingerprint density at radius 2 is 1.68 bits per heavy atom. The number of carbonyl (C=O) groups excluding carboxylic acids is 1. The van der Waals surface area contributed by atoms with Gasteiger partial charge in [-0.3, -0.25) is 0 Å². The molecule has 0 fully saturated rings. The molecule has 5 nitrogen and oxygen atoms in total. The van der Waals surface area contributed by atoms with Crippen molar-refractivity contribution in [2.75, 3.05) is 5.73 Å². The Bertz CT molecular complexity index is 664. The summed E-state index contributed by atoms with van der Waals surface area (Å²) in [6.07, 6.45) is 0. The van der Waals surface area contributed by atoms with E-state index in [0.717, 1.165) is 0 Å². The Kier molecular flexibility index (Phi) is 3.20. The van der Waals surface area contributed by atoms with Crippen molar-refractivity contribution >= 4 is 17.6 Å². The summed E-state index contributed by atoms with van der Waals surface area (Å²) in [6.45, 7) is 0. The van der Waals surface area contributed by atoms with Crippen LogP contribution in [0.15, 0.2) is 42.5 Å². The predicted molar refractivity (Wildman–Crippen MR) is 71.2 cm³/mol. The third kappa shape index (κ3) is 2.71. The maximum Gasteiger partial charge on any atom is 0.549 e. The van der Waals surface area contributed by atoms with Gasteiger partial charge in [-0.05, 0) is 41.5 Å². The number of carboxylic acid groups (broad SMARTS) is 1. The molecule has 0 aliphatic heterocycles. The van der Waals surface area contributed by atoms with E-state index in [1.165, 1.54) is 24.3 Å². The van der Waals surface area contributed by atoms with E-state index in [9.17, 15) is 9.59 Å². The monoisotopic (exact) mass is 258 g/mol. The zero-order valence-corrected chi connectivity index (χ0v) is 9.88. The first-order chi connectivity index (χ1) is 8.97. The van der Waals surface area contributed by atoms with Crippen molar-refractivity contribution in [3.8, 4) is 11.1 Å². The first kappa shape index (κ1) is 12.6. The standard InChI is InChI=1S/C14H11NO4/c15-12-6-10(5-11(7-12)14(18)19)8-2-1-3-9(4-8)13(16)17/h1-7H,15H2,(H,16,17)(H,18,19)/p+1. The van der Waals surface area contributed by atoms with Gasteiger partial charge in [0, 0.05) is 10.5 Å². The van der Waals surface area contributed by atoms with Crippen LogP contribution in [0.25, 0.3) is 11.1 Å². The van der Waals surface area contributed by atoms with Gasteiger partial charge in [-0.15, -0.1) is 0 Å². The normalized spacial score (nSPS) is 10.1. The Balaban J connectivity index is 2.55. The zero-order chi connectivity index (χ0) is 14.0. The van der Waals surface area contributed by atoms with Crippen molar-refractivity contribution in [1.82, 2.24) is 0 Å². The summed E-state index contributed by atoms with van der Waals surface area (Å²) in [5.74, 6) is -1.86. The molecule has 0 saturated heterocycles. The number of anilines is 1. The number of carbonyl (C=O) groups is 2. The first-order valence-corrected chi connectivity index (χ1v) is 5.47. The molecule has 0 aliphatic carbocycles. The van der Waals surface area contributed by atoms with Crippen LogP contribution in [0.1, 0.15) is 20.7 Å². The molecule has 0 aromatic heterocycles. The second-order valence-electron chi connectivity index (χ2n) is 4.06. The van der Waals surface area contributed by atoms with E-state index < -0.39 is 11.9 Å². The molecule has 0 radical (unpaired) electrons. The van der Waals surface area contributed by atoms with Crippen LogP contribution in [0.5, 0.6) is 0 Å². The lowest BCUT2D eigenvalue weighted by Crippen LogP contribution is -1.99.